The highest BCUT2D eigenvalue weighted by atomic mass is 32.2. The van der Waals surface area contributed by atoms with Gasteiger partial charge in [-0.15, -0.1) is 0 Å². The minimum atomic E-state index is -4.01. The number of rotatable bonds is 5. The molecular weight excluding hydrogens is 419 g/mol. The molecule has 31 heavy (non-hydrogen) atoms. The third-order valence-corrected chi connectivity index (χ3v) is 9.76. The van der Waals surface area contributed by atoms with E-state index in [1.165, 1.54) is 55.0 Å². The highest BCUT2D eigenvalue weighted by Gasteiger charge is 2.51. The van der Waals surface area contributed by atoms with Crippen LogP contribution in [0.2, 0.25) is 0 Å². The van der Waals surface area contributed by atoms with Crippen molar-refractivity contribution in [2.45, 2.75) is 43.4 Å². The van der Waals surface area contributed by atoms with Crippen LogP contribution in [0.4, 0.5) is 4.39 Å². The average molecular weight is 451 g/mol. The van der Waals surface area contributed by atoms with Crippen LogP contribution in [0.1, 0.15) is 48.9 Å². The highest BCUT2D eigenvalue weighted by molar-refractivity contribution is 7.89. The Kier molecular flexibility index (Phi) is 5.38. The molecule has 0 aromatic heterocycles. The molecule has 5 fully saturated rings. The summed E-state index contributed by atoms with van der Waals surface area (Å²) in [5, 5.41) is 0. The average Bonchev–Trinajstić information content (AvgIpc) is 2.72. The van der Waals surface area contributed by atoms with Gasteiger partial charge in [0.05, 0.1) is 13.2 Å². The Morgan fingerprint density at radius 3 is 2.29 bits per heavy atom. The number of carbonyl (C=O) groups excluding carboxylic acids is 1. The van der Waals surface area contributed by atoms with Gasteiger partial charge in [-0.25, -0.2) is 12.8 Å². The number of morpholine rings is 1. The summed E-state index contributed by atoms with van der Waals surface area (Å²) >= 11 is 0. The highest BCUT2D eigenvalue weighted by Crippen LogP contribution is 2.60. The lowest BCUT2D eigenvalue weighted by Gasteiger charge is -2.57. The van der Waals surface area contributed by atoms with Crippen molar-refractivity contribution in [1.29, 1.82) is 0 Å². The van der Waals surface area contributed by atoms with Crippen molar-refractivity contribution in [1.82, 2.24) is 9.21 Å². The number of sulfonamides is 1. The predicted octanol–water partition coefficient (Wildman–Crippen LogP) is 3.14. The van der Waals surface area contributed by atoms with E-state index >= 15 is 0 Å². The van der Waals surface area contributed by atoms with E-state index in [0.29, 0.717) is 6.54 Å². The molecule has 0 N–H and O–H groups in total. The smallest absolute Gasteiger partial charge is 0.253 e. The second-order valence-corrected chi connectivity index (χ2v) is 12.1. The third-order valence-electron chi connectivity index (χ3n) is 7.85. The van der Waals surface area contributed by atoms with Crippen molar-refractivity contribution >= 4 is 15.9 Å². The number of nitrogens with zero attached hydrogens (tertiary/aromatic N) is 2. The van der Waals surface area contributed by atoms with Gasteiger partial charge in [0, 0.05) is 32.2 Å². The van der Waals surface area contributed by atoms with Gasteiger partial charge in [-0.1, -0.05) is 0 Å². The lowest BCUT2D eigenvalue weighted by Crippen LogP contribution is -2.51. The van der Waals surface area contributed by atoms with Crippen LogP contribution < -0.4 is 0 Å². The molecule has 1 aromatic carbocycles. The number of halogens is 1. The van der Waals surface area contributed by atoms with E-state index in [2.05, 4.69) is 0 Å². The fourth-order valence-electron chi connectivity index (χ4n) is 7.04. The lowest BCUT2D eigenvalue weighted by molar-refractivity contribution is -0.0629. The summed E-state index contributed by atoms with van der Waals surface area (Å²) in [6.45, 7) is 1.64. The Labute approximate surface area is 183 Å². The predicted molar refractivity (Wildman–Crippen MR) is 114 cm³/mol. The Bertz CT molecular complexity index is 939. The maximum absolute atomic E-state index is 14.5. The molecule has 170 valence electrons. The molecule has 0 radical (unpaired) electrons. The quantitative estimate of drug-likeness (QED) is 0.691. The fraction of sp³-hybridized carbons (Fsp3) is 0.696. The van der Waals surface area contributed by atoms with Crippen molar-refractivity contribution < 1.29 is 22.3 Å². The summed E-state index contributed by atoms with van der Waals surface area (Å²) in [4.78, 5) is 14.5. The molecule has 4 bridgehead atoms. The normalized spacial score (nSPS) is 32.9. The second kappa shape index (κ2) is 7.81. The van der Waals surface area contributed by atoms with Crippen LogP contribution in [0.5, 0.6) is 0 Å². The van der Waals surface area contributed by atoms with E-state index < -0.39 is 20.7 Å². The minimum absolute atomic E-state index is 0.186. The molecule has 0 atom stereocenters. The molecule has 1 heterocycles. The zero-order chi connectivity index (χ0) is 21.8. The van der Waals surface area contributed by atoms with Gasteiger partial charge in [-0.2, -0.15) is 4.31 Å². The van der Waals surface area contributed by atoms with Crippen LogP contribution in [0, 0.1) is 29.0 Å². The first kappa shape index (κ1) is 21.3. The number of hydrogen-bond donors (Lipinski definition) is 0. The maximum atomic E-state index is 14.5. The van der Waals surface area contributed by atoms with E-state index in [-0.39, 0.29) is 43.2 Å². The van der Waals surface area contributed by atoms with Crippen LogP contribution >= 0.6 is 0 Å². The largest absolute Gasteiger partial charge is 0.379 e. The molecule has 6 rings (SSSR count). The molecule has 8 heteroatoms. The second-order valence-electron chi connectivity index (χ2n) is 10.2. The van der Waals surface area contributed by atoms with Crippen molar-refractivity contribution in [3.8, 4) is 0 Å². The first-order chi connectivity index (χ1) is 14.8. The van der Waals surface area contributed by atoms with Crippen molar-refractivity contribution in [3.05, 3.63) is 29.6 Å². The zero-order valence-electron chi connectivity index (χ0n) is 18.1. The Morgan fingerprint density at radius 2 is 1.71 bits per heavy atom. The fourth-order valence-corrected chi connectivity index (χ4v) is 8.54. The molecule has 1 aliphatic heterocycles. The van der Waals surface area contributed by atoms with Crippen molar-refractivity contribution in [2.75, 3.05) is 39.9 Å². The molecule has 1 aromatic rings. The summed E-state index contributed by atoms with van der Waals surface area (Å²) in [6.07, 6.45) is 7.61. The zero-order valence-corrected chi connectivity index (χ0v) is 18.9. The van der Waals surface area contributed by atoms with Gasteiger partial charge in [0.1, 0.15) is 10.7 Å². The van der Waals surface area contributed by atoms with Crippen molar-refractivity contribution in [3.63, 3.8) is 0 Å². The standard InChI is InChI=1S/C23H31FN2O4S/c1-25(15-23-12-16-8-17(13-23)10-18(9-16)14-23)22(27)19-2-3-20(24)21(11-19)31(28,29)26-4-6-30-7-5-26/h2-3,11,16-18H,4-10,12-15H2,1H3. The summed E-state index contributed by atoms with van der Waals surface area (Å²) in [5.41, 5.74) is 0.419. The molecular formula is C23H31FN2O4S. The van der Waals surface area contributed by atoms with Crippen molar-refractivity contribution in [2.24, 2.45) is 23.2 Å². The summed E-state index contributed by atoms with van der Waals surface area (Å²) in [7, 11) is -2.22. The van der Waals surface area contributed by atoms with Crippen LogP contribution in [-0.2, 0) is 14.8 Å². The summed E-state index contributed by atoms with van der Waals surface area (Å²) < 4.78 is 46.9. The first-order valence-corrected chi connectivity index (χ1v) is 12.8. The molecule has 0 spiro atoms. The molecule has 1 saturated heterocycles. The van der Waals surface area contributed by atoms with Gasteiger partial charge >= 0.3 is 0 Å². The Balaban J connectivity index is 1.35. The summed E-state index contributed by atoms with van der Waals surface area (Å²) in [6, 6.07) is 3.70. The van der Waals surface area contributed by atoms with Gasteiger partial charge in [-0.05, 0) is 79.9 Å². The van der Waals surface area contributed by atoms with E-state index in [9.17, 15) is 17.6 Å². The number of carbonyl (C=O) groups is 1. The van der Waals surface area contributed by atoms with Gasteiger partial charge in [0.25, 0.3) is 5.91 Å². The Morgan fingerprint density at radius 1 is 1.13 bits per heavy atom. The molecule has 4 saturated carbocycles. The SMILES string of the molecule is CN(CC12CC3CC(CC(C3)C1)C2)C(=O)c1ccc(F)c(S(=O)(=O)N2CCOCC2)c1. The van der Waals surface area contributed by atoms with E-state index in [4.69, 9.17) is 4.74 Å². The van der Waals surface area contributed by atoms with Crippen LogP contribution in [0.25, 0.3) is 0 Å². The van der Waals surface area contributed by atoms with Gasteiger partial charge < -0.3 is 9.64 Å². The van der Waals surface area contributed by atoms with Crippen LogP contribution in [0.3, 0.4) is 0 Å². The van der Waals surface area contributed by atoms with E-state index in [1.54, 1.807) is 11.9 Å². The van der Waals surface area contributed by atoms with E-state index in [0.717, 1.165) is 23.8 Å². The van der Waals surface area contributed by atoms with Crippen LogP contribution in [-0.4, -0.2) is 63.4 Å². The summed E-state index contributed by atoms with van der Waals surface area (Å²) in [5.74, 6) is 1.32. The number of benzene rings is 1. The monoisotopic (exact) mass is 450 g/mol. The van der Waals surface area contributed by atoms with Crippen LogP contribution in [0.15, 0.2) is 23.1 Å². The lowest BCUT2D eigenvalue weighted by atomic mass is 9.49. The number of hydrogen-bond acceptors (Lipinski definition) is 4. The van der Waals surface area contributed by atoms with E-state index in [1.807, 2.05) is 0 Å². The maximum Gasteiger partial charge on any atom is 0.253 e. The number of ether oxygens (including phenoxy) is 1. The van der Waals surface area contributed by atoms with Gasteiger partial charge in [0.15, 0.2) is 0 Å². The molecule has 0 unspecified atom stereocenters. The molecule has 4 aliphatic carbocycles. The first-order valence-electron chi connectivity index (χ1n) is 11.4. The minimum Gasteiger partial charge on any atom is -0.379 e. The molecule has 6 nitrogen and oxygen atoms in total. The Hall–Kier alpha value is -1.51. The number of amides is 1. The molecule has 1 amide bonds. The molecule has 5 aliphatic rings. The third kappa shape index (κ3) is 3.91. The van der Waals surface area contributed by atoms with Gasteiger partial charge in [-0.3, -0.25) is 4.79 Å². The van der Waals surface area contributed by atoms with Gasteiger partial charge in [0.2, 0.25) is 10.0 Å². The topological polar surface area (TPSA) is 66.9 Å².